The minimum atomic E-state index is 0.0235. The third-order valence-corrected chi connectivity index (χ3v) is 3.15. The molecule has 0 atom stereocenters. The van der Waals surface area contributed by atoms with Crippen LogP contribution < -0.4 is 10.1 Å². The maximum Gasteiger partial charge on any atom is 0.220 e. The molecule has 0 aliphatic rings. The topological polar surface area (TPSA) is 56.1 Å². The molecule has 0 unspecified atom stereocenters. The van der Waals surface area contributed by atoms with Gasteiger partial charge in [-0.2, -0.15) is 5.10 Å². The summed E-state index contributed by atoms with van der Waals surface area (Å²) in [5.74, 6) is 0.828. The molecule has 1 amide bonds. The fraction of sp³-hybridized carbons (Fsp3) is 0.294. The number of hydrogen-bond donors (Lipinski definition) is 1. The molecule has 0 fully saturated rings. The number of nitrogens with one attached hydrogen (secondary N) is 1. The van der Waals surface area contributed by atoms with E-state index in [1.807, 2.05) is 43.7 Å². The third-order valence-electron chi connectivity index (χ3n) is 3.15. The minimum absolute atomic E-state index is 0.0235. The first kappa shape index (κ1) is 15.8. The van der Waals surface area contributed by atoms with Gasteiger partial charge in [0.2, 0.25) is 5.91 Å². The highest BCUT2D eigenvalue weighted by Gasteiger charge is 2.02. The molecule has 1 aromatic heterocycles. The first-order valence-corrected chi connectivity index (χ1v) is 7.28. The third kappa shape index (κ3) is 4.77. The van der Waals surface area contributed by atoms with Gasteiger partial charge in [-0.25, -0.2) is 0 Å². The summed E-state index contributed by atoms with van der Waals surface area (Å²) in [6, 6.07) is 7.87. The molecule has 0 aliphatic carbocycles. The van der Waals surface area contributed by atoms with E-state index in [4.69, 9.17) is 4.74 Å². The van der Waals surface area contributed by atoms with E-state index in [0.29, 0.717) is 26.0 Å². The maximum atomic E-state index is 11.4. The summed E-state index contributed by atoms with van der Waals surface area (Å²) >= 11 is 0. The predicted octanol–water partition coefficient (Wildman–Crippen LogP) is 2.55. The second-order valence-corrected chi connectivity index (χ2v) is 4.97. The fourth-order valence-corrected chi connectivity index (χ4v) is 2.01. The van der Waals surface area contributed by atoms with Crippen molar-refractivity contribution in [1.82, 2.24) is 15.1 Å². The van der Waals surface area contributed by atoms with Crippen molar-refractivity contribution in [3.05, 3.63) is 49.3 Å². The first-order chi connectivity index (χ1) is 10.7. The van der Waals surface area contributed by atoms with Gasteiger partial charge in [0.05, 0.1) is 12.8 Å². The molecule has 0 spiro atoms. The van der Waals surface area contributed by atoms with Crippen LogP contribution in [0.2, 0.25) is 0 Å². The van der Waals surface area contributed by atoms with Crippen molar-refractivity contribution in [2.75, 3.05) is 13.2 Å². The second-order valence-electron chi connectivity index (χ2n) is 4.97. The lowest BCUT2D eigenvalue weighted by Crippen LogP contribution is -2.23. The zero-order chi connectivity index (χ0) is 15.8. The summed E-state index contributed by atoms with van der Waals surface area (Å²) in [5.41, 5.74) is 2.18. The molecule has 5 nitrogen and oxygen atoms in total. The molecule has 0 saturated heterocycles. The SMILES string of the molecule is C=CCNC(=O)CCCOc1ccc(-c2cnn(C)c2)cc1. The molecule has 22 heavy (non-hydrogen) atoms. The molecule has 0 aliphatic heterocycles. The second kappa shape index (κ2) is 8.02. The van der Waals surface area contributed by atoms with Crippen molar-refractivity contribution < 1.29 is 9.53 Å². The van der Waals surface area contributed by atoms with E-state index < -0.39 is 0 Å². The van der Waals surface area contributed by atoms with Gasteiger partial charge in [-0.1, -0.05) is 18.2 Å². The van der Waals surface area contributed by atoms with E-state index in [1.165, 1.54) is 0 Å². The number of carbonyl (C=O) groups excluding carboxylic acids is 1. The molecular weight excluding hydrogens is 278 g/mol. The fourth-order valence-electron chi connectivity index (χ4n) is 2.01. The molecule has 1 N–H and O–H groups in total. The summed E-state index contributed by atoms with van der Waals surface area (Å²) in [5, 5.41) is 6.89. The lowest BCUT2D eigenvalue weighted by molar-refractivity contribution is -0.121. The standard InChI is InChI=1S/C17H21N3O2/c1-3-10-18-17(21)5-4-11-22-16-8-6-14(7-9-16)15-12-19-20(2)13-15/h3,6-9,12-13H,1,4-5,10-11H2,2H3,(H,18,21). The van der Waals surface area contributed by atoms with Crippen LogP contribution in [0.1, 0.15) is 12.8 Å². The number of nitrogens with zero attached hydrogens (tertiary/aromatic N) is 2. The number of hydrogen-bond acceptors (Lipinski definition) is 3. The van der Waals surface area contributed by atoms with Crippen LogP contribution in [0.25, 0.3) is 11.1 Å². The lowest BCUT2D eigenvalue weighted by Gasteiger charge is -2.07. The van der Waals surface area contributed by atoms with Crippen LogP contribution in [-0.4, -0.2) is 28.8 Å². The summed E-state index contributed by atoms with van der Waals surface area (Å²) < 4.78 is 7.41. The van der Waals surface area contributed by atoms with Crippen LogP contribution in [-0.2, 0) is 11.8 Å². The molecule has 2 aromatic rings. The predicted molar refractivity (Wildman–Crippen MR) is 86.6 cm³/mol. The molecule has 1 heterocycles. The normalized spacial score (nSPS) is 10.2. The molecule has 116 valence electrons. The van der Waals surface area contributed by atoms with E-state index in [9.17, 15) is 4.79 Å². The van der Waals surface area contributed by atoms with E-state index in [0.717, 1.165) is 16.9 Å². The molecule has 1 aromatic carbocycles. The Labute approximate surface area is 130 Å². The molecule has 0 radical (unpaired) electrons. The van der Waals surface area contributed by atoms with Crippen LogP contribution in [0.15, 0.2) is 49.3 Å². The van der Waals surface area contributed by atoms with Crippen LogP contribution in [0, 0.1) is 0 Å². The Hall–Kier alpha value is -2.56. The average molecular weight is 299 g/mol. The van der Waals surface area contributed by atoms with Crippen molar-refractivity contribution in [1.29, 1.82) is 0 Å². The van der Waals surface area contributed by atoms with Gasteiger partial charge in [-0.15, -0.1) is 6.58 Å². The van der Waals surface area contributed by atoms with Crippen molar-refractivity contribution in [2.45, 2.75) is 12.8 Å². The number of aryl methyl sites for hydroxylation is 1. The largest absolute Gasteiger partial charge is 0.494 e. The van der Waals surface area contributed by atoms with E-state index in [2.05, 4.69) is 17.0 Å². The van der Waals surface area contributed by atoms with Gasteiger partial charge in [0, 0.05) is 31.8 Å². The van der Waals surface area contributed by atoms with Crippen molar-refractivity contribution >= 4 is 5.91 Å². The summed E-state index contributed by atoms with van der Waals surface area (Å²) in [6.45, 7) is 4.59. The Kier molecular flexibility index (Phi) is 5.77. The number of carbonyl (C=O) groups is 1. The highest BCUT2D eigenvalue weighted by Crippen LogP contribution is 2.21. The van der Waals surface area contributed by atoms with Gasteiger partial charge in [0.25, 0.3) is 0 Å². The quantitative estimate of drug-likeness (QED) is 0.602. The van der Waals surface area contributed by atoms with Gasteiger partial charge in [0.15, 0.2) is 0 Å². The van der Waals surface area contributed by atoms with Gasteiger partial charge < -0.3 is 10.1 Å². The van der Waals surface area contributed by atoms with E-state index >= 15 is 0 Å². The van der Waals surface area contributed by atoms with Crippen molar-refractivity contribution in [3.8, 4) is 16.9 Å². The van der Waals surface area contributed by atoms with Gasteiger partial charge >= 0.3 is 0 Å². The maximum absolute atomic E-state index is 11.4. The highest BCUT2D eigenvalue weighted by atomic mass is 16.5. The van der Waals surface area contributed by atoms with Crippen LogP contribution in [0.3, 0.4) is 0 Å². The number of rotatable bonds is 8. The number of aromatic nitrogens is 2. The van der Waals surface area contributed by atoms with Crippen LogP contribution in [0.5, 0.6) is 5.75 Å². The zero-order valence-corrected chi connectivity index (χ0v) is 12.8. The molecule has 2 rings (SSSR count). The highest BCUT2D eigenvalue weighted by molar-refractivity contribution is 5.75. The first-order valence-electron chi connectivity index (χ1n) is 7.28. The Morgan fingerprint density at radius 1 is 1.36 bits per heavy atom. The Morgan fingerprint density at radius 2 is 2.14 bits per heavy atom. The smallest absolute Gasteiger partial charge is 0.220 e. The van der Waals surface area contributed by atoms with E-state index in [1.54, 1.807) is 10.8 Å². The van der Waals surface area contributed by atoms with E-state index in [-0.39, 0.29) is 5.91 Å². The van der Waals surface area contributed by atoms with Gasteiger partial charge in [-0.3, -0.25) is 9.48 Å². The number of amides is 1. The van der Waals surface area contributed by atoms with Gasteiger partial charge in [0.1, 0.15) is 5.75 Å². The molecular formula is C17H21N3O2. The zero-order valence-electron chi connectivity index (χ0n) is 12.8. The Bertz CT molecular complexity index is 617. The monoisotopic (exact) mass is 299 g/mol. The lowest BCUT2D eigenvalue weighted by atomic mass is 10.1. The Balaban J connectivity index is 1.75. The molecule has 0 saturated carbocycles. The van der Waals surface area contributed by atoms with Crippen LogP contribution in [0.4, 0.5) is 0 Å². The minimum Gasteiger partial charge on any atom is -0.494 e. The summed E-state index contributed by atoms with van der Waals surface area (Å²) in [7, 11) is 1.90. The van der Waals surface area contributed by atoms with Crippen molar-refractivity contribution in [2.24, 2.45) is 7.05 Å². The molecule has 0 bridgehead atoms. The number of ether oxygens (including phenoxy) is 1. The average Bonchev–Trinajstić information content (AvgIpc) is 2.96. The van der Waals surface area contributed by atoms with Crippen molar-refractivity contribution in [3.63, 3.8) is 0 Å². The van der Waals surface area contributed by atoms with Crippen LogP contribution >= 0.6 is 0 Å². The number of benzene rings is 1. The van der Waals surface area contributed by atoms with Gasteiger partial charge in [-0.05, 0) is 24.1 Å². The Morgan fingerprint density at radius 3 is 2.77 bits per heavy atom. The summed E-state index contributed by atoms with van der Waals surface area (Å²) in [6.07, 6.45) is 6.61. The summed E-state index contributed by atoms with van der Waals surface area (Å²) in [4.78, 5) is 11.4. The molecule has 5 heteroatoms.